The summed E-state index contributed by atoms with van der Waals surface area (Å²) in [6.07, 6.45) is 10.2. The number of para-hydroxylation sites is 1. The first-order valence-corrected chi connectivity index (χ1v) is 12.8. The molecule has 0 spiro atoms. The first kappa shape index (κ1) is 19.7. The molecule has 2 aromatic rings. The highest BCUT2D eigenvalue weighted by Gasteiger charge is 2.59. The van der Waals surface area contributed by atoms with Crippen LogP contribution in [0.5, 0.6) is 0 Å². The number of carbonyl (C=O) groups excluding carboxylic acids is 1. The molecule has 0 amide bonds. The van der Waals surface area contributed by atoms with Crippen molar-refractivity contribution in [3.8, 4) is 0 Å². The molecule has 31 heavy (non-hydrogen) atoms. The summed E-state index contributed by atoms with van der Waals surface area (Å²) in [7, 11) is 2.13. The van der Waals surface area contributed by atoms with Crippen LogP contribution in [0.2, 0.25) is 0 Å². The van der Waals surface area contributed by atoms with Crippen LogP contribution in [-0.4, -0.2) is 17.8 Å². The van der Waals surface area contributed by atoms with Gasteiger partial charge in [0.05, 0.1) is 5.69 Å². The van der Waals surface area contributed by atoms with E-state index < -0.39 is 0 Å². The van der Waals surface area contributed by atoms with E-state index in [2.05, 4.69) is 62.2 Å². The fourth-order valence-corrected chi connectivity index (χ4v) is 8.61. The Hall–Kier alpha value is -1.94. The van der Waals surface area contributed by atoms with Crippen LogP contribution in [0, 0.1) is 28.6 Å². The van der Waals surface area contributed by atoms with E-state index in [1.165, 1.54) is 34.7 Å². The van der Waals surface area contributed by atoms with Crippen molar-refractivity contribution in [2.75, 3.05) is 11.9 Å². The zero-order chi connectivity index (χ0) is 21.4. The highest BCUT2D eigenvalue weighted by molar-refractivity contribution is 7.15. The zero-order valence-electron chi connectivity index (χ0n) is 18.9. The van der Waals surface area contributed by atoms with Gasteiger partial charge in [-0.1, -0.05) is 38.1 Å². The first-order chi connectivity index (χ1) is 14.9. The third-order valence-electron chi connectivity index (χ3n) is 9.42. The normalized spacial score (nSPS) is 36.2. The van der Waals surface area contributed by atoms with E-state index in [1.54, 1.807) is 0 Å². The number of Topliss-reactive ketones (excluding diaryl/α,β-unsaturated/α-hetero) is 1. The third kappa shape index (κ3) is 2.70. The topological polar surface area (TPSA) is 33.2 Å². The number of rotatable bonds is 2. The lowest BCUT2D eigenvalue weighted by Gasteiger charge is -2.55. The monoisotopic (exact) mass is 432 g/mol. The summed E-state index contributed by atoms with van der Waals surface area (Å²) in [6.45, 7) is 4.79. The van der Waals surface area contributed by atoms with Gasteiger partial charge in [-0.3, -0.25) is 4.79 Å². The van der Waals surface area contributed by atoms with Crippen LogP contribution in [0.3, 0.4) is 0 Å². The Bertz CT molecular complexity index is 1070. The third-order valence-corrected chi connectivity index (χ3v) is 10.6. The highest BCUT2D eigenvalue weighted by Crippen LogP contribution is 2.65. The number of benzene rings is 1. The lowest BCUT2D eigenvalue weighted by atomic mass is 9.48. The lowest BCUT2D eigenvalue weighted by molar-refractivity contribution is -0.131. The predicted molar refractivity (Wildman–Crippen MR) is 128 cm³/mol. The maximum absolute atomic E-state index is 12.7. The number of carbonyl (C=O) groups is 1. The van der Waals surface area contributed by atoms with Crippen molar-refractivity contribution in [3.63, 3.8) is 0 Å². The fraction of sp³-hybridized carbons (Fsp3) is 0.556. The Morgan fingerprint density at radius 2 is 1.81 bits per heavy atom. The minimum absolute atomic E-state index is 0.0467. The number of fused-ring (bicyclic) bond motifs is 7. The molecule has 0 aliphatic heterocycles. The Labute approximate surface area is 189 Å². The van der Waals surface area contributed by atoms with Crippen molar-refractivity contribution in [3.05, 3.63) is 47.0 Å². The SMILES string of the molecule is CN(c1ccccc1)c1nc2c(s1)CC[C@@]1(C)C2=CC[C@@H]2[C@@H]1CC[C@]1(C)C(=O)CC[C@@H]21. The zero-order valence-corrected chi connectivity index (χ0v) is 19.7. The molecule has 4 heteroatoms. The van der Waals surface area contributed by atoms with Gasteiger partial charge in [0.1, 0.15) is 5.78 Å². The number of hydrogen-bond acceptors (Lipinski definition) is 4. The van der Waals surface area contributed by atoms with E-state index in [9.17, 15) is 4.79 Å². The number of hydrogen-bond donors (Lipinski definition) is 0. The van der Waals surface area contributed by atoms with Gasteiger partial charge < -0.3 is 4.90 Å². The molecule has 2 saturated carbocycles. The van der Waals surface area contributed by atoms with Crippen molar-refractivity contribution in [1.29, 1.82) is 0 Å². The molecule has 162 valence electrons. The molecule has 4 aliphatic carbocycles. The molecule has 0 saturated heterocycles. The van der Waals surface area contributed by atoms with Gasteiger partial charge in [-0.05, 0) is 79.4 Å². The molecule has 0 unspecified atom stereocenters. The number of anilines is 2. The van der Waals surface area contributed by atoms with E-state index in [1.807, 2.05) is 11.3 Å². The molecule has 1 aromatic heterocycles. The highest BCUT2D eigenvalue weighted by atomic mass is 32.1. The molecular weight excluding hydrogens is 400 g/mol. The number of ketones is 1. The van der Waals surface area contributed by atoms with Gasteiger partial charge in [0, 0.05) is 29.4 Å². The van der Waals surface area contributed by atoms with Gasteiger partial charge in [-0.2, -0.15) is 0 Å². The Morgan fingerprint density at radius 3 is 2.61 bits per heavy atom. The van der Waals surface area contributed by atoms with Crippen molar-refractivity contribution < 1.29 is 4.79 Å². The Balaban J connectivity index is 1.36. The Kier molecular flexibility index (Phi) is 4.31. The van der Waals surface area contributed by atoms with Crippen LogP contribution >= 0.6 is 11.3 Å². The average Bonchev–Trinajstić information content (AvgIpc) is 3.34. The average molecular weight is 433 g/mol. The number of thiazole rings is 1. The second-order valence-corrected chi connectivity index (χ2v) is 11.8. The second kappa shape index (κ2) is 6.78. The van der Waals surface area contributed by atoms with E-state index in [4.69, 9.17) is 4.98 Å². The van der Waals surface area contributed by atoms with Crippen molar-refractivity contribution >= 4 is 33.5 Å². The standard InChI is InChI=1S/C27H32N2OS/c1-26-16-14-22-24(28-25(31-22)29(3)17-7-5-4-6-8-17)21(26)10-9-18-19-11-12-23(30)27(19,2)15-13-20(18)26/h4-8,10,18-20H,9,11-16H2,1-3H3/t18-,19-,20-,26+,27-/m0/s1. The van der Waals surface area contributed by atoms with Crippen molar-refractivity contribution in [1.82, 2.24) is 4.98 Å². The van der Waals surface area contributed by atoms with Crippen LogP contribution in [0.25, 0.3) is 5.57 Å². The molecule has 1 heterocycles. The minimum Gasteiger partial charge on any atom is -0.321 e. The molecule has 5 atom stereocenters. The Morgan fingerprint density at radius 1 is 1.03 bits per heavy atom. The lowest BCUT2D eigenvalue weighted by Crippen LogP contribution is -2.49. The van der Waals surface area contributed by atoms with E-state index in [-0.39, 0.29) is 10.8 Å². The minimum atomic E-state index is -0.0467. The quantitative estimate of drug-likeness (QED) is 0.532. The largest absolute Gasteiger partial charge is 0.321 e. The number of aromatic nitrogens is 1. The van der Waals surface area contributed by atoms with Crippen molar-refractivity contribution in [2.24, 2.45) is 28.6 Å². The molecule has 6 rings (SSSR count). The van der Waals surface area contributed by atoms with Gasteiger partial charge in [0.15, 0.2) is 5.13 Å². The molecule has 0 radical (unpaired) electrons. The van der Waals surface area contributed by atoms with Crippen LogP contribution in [0.1, 0.15) is 62.9 Å². The summed E-state index contributed by atoms with van der Waals surface area (Å²) < 4.78 is 0. The summed E-state index contributed by atoms with van der Waals surface area (Å²) in [5.74, 6) is 2.49. The second-order valence-electron chi connectivity index (χ2n) is 10.7. The number of aryl methyl sites for hydroxylation is 1. The van der Waals surface area contributed by atoms with Crippen LogP contribution in [-0.2, 0) is 11.2 Å². The smallest absolute Gasteiger partial charge is 0.190 e. The summed E-state index contributed by atoms with van der Waals surface area (Å²) in [5, 5.41) is 1.10. The first-order valence-electron chi connectivity index (χ1n) is 11.9. The van der Waals surface area contributed by atoms with E-state index >= 15 is 0 Å². The van der Waals surface area contributed by atoms with Crippen LogP contribution < -0.4 is 4.90 Å². The van der Waals surface area contributed by atoms with Crippen LogP contribution in [0.15, 0.2) is 36.4 Å². The molecule has 3 nitrogen and oxygen atoms in total. The van der Waals surface area contributed by atoms with Gasteiger partial charge in [0.25, 0.3) is 0 Å². The fourth-order valence-electron chi connectivity index (χ4n) is 7.55. The molecule has 2 fully saturated rings. The molecule has 0 bridgehead atoms. The van der Waals surface area contributed by atoms with Gasteiger partial charge in [-0.15, -0.1) is 11.3 Å². The molecule has 1 aromatic carbocycles. The molecule has 4 aliphatic rings. The number of allylic oxidation sites excluding steroid dienone is 2. The van der Waals surface area contributed by atoms with Crippen molar-refractivity contribution in [2.45, 2.75) is 58.8 Å². The van der Waals surface area contributed by atoms with Crippen LogP contribution in [0.4, 0.5) is 10.8 Å². The molecular formula is C27H32N2OS. The maximum atomic E-state index is 12.7. The van der Waals surface area contributed by atoms with E-state index in [0.29, 0.717) is 23.5 Å². The maximum Gasteiger partial charge on any atom is 0.190 e. The molecule has 0 N–H and O–H groups in total. The van der Waals surface area contributed by atoms with Gasteiger partial charge in [0.2, 0.25) is 0 Å². The van der Waals surface area contributed by atoms with Gasteiger partial charge in [-0.25, -0.2) is 4.98 Å². The van der Waals surface area contributed by atoms with Gasteiger partial charge >= 0.3 is 0 Å². The van der Waals surface area contributed by atoms with E-state index in [0.717, 1.165) is 37.2 Å². The number of nitrogens with zero attached hydrogens (tertiary/aromatic N) is 2. The summed E-state index contributed by atoms with van der Waals surface area (Å²) in [6, 6.07) is 10.5. The summed E-state index contributed by atoms with van der Waals surface area (Å²) in [5.41, 5.74) is 4.12. The predicted octanol–water partition coefficient (Wildman–Crippen LogP) is 6.66. The summed E-state index contributed by atoms with van der Waals surface area (Å²) >= 11 is 1.87. The summed E-state index contributed by atoms with van der Waals surface area (Å²) in [4.78, 5) is 21.6.